The second-order valence-electron chi connectivity index (χ2n) is 10.3. The summed E-state index contributed by atoms with van der Waals surface area (Å²) in [5.74, 6) is 2.17. The zero-order chi connectivity index (χ0) is 19.6. The van der Waals surface area contributed by atoms with E-state index in [9.17, 15) is 0 Å². The number of thiol groups is 1. The summed E-state index contributed by atoms with van der Waals surface area (Å²) >= 11 is 4.71. The van der Waals surface area contributed by atoms with Crippen molar-refractivity contribution in [2.24, 2.45) is 22.7 Å². The van der Waals surface area contributed by atoms with Crippen LogP contribution in [0.25, 0.3) is 0 Å². The number of rotatable bonds is 2. The molecule has 0 spiro atoms. The zero-order valence-corrected chi connectivity index (χ0v) is 18.4. The summed E-state index contributed by atoms with van der Waals surface area (Å²) in [6, 6.07) is 0. The molecule has 0 amide bonds. The molecule has 6 aliphatic rings. The molecule has 4 aliphatic carbocycles. The van der Waals surface area contributed by atoms with E-state index in [0.29, 0.717) is 11.8 Å². The molecule has 2 saturated heterocycles. The van der Waals surface area contributed by atoms with Crippen LogP contribution in [0.1, 0.15) is 45.4 Å². The van der Waals surface area contributed by atoms with E-state index in [-0.39, 0.29) is 35.2 Å². The van der Waals surface area contributed by atoms with Crippen LogP contribution in [0.5, 0.6) is 0 Å². The van der Waals surface area contributed by atoms with Crippen LogP contribution in [0.15, 0.2) is 23.3 Å². The minimum absolute atomic E-state index is 0.128. The lowest BCUT2D eigenvalue weighted by Gasteiger charge is -2.56. The molecule has 5 heteroatoms. The molecule has 0 N–H and O–H groups in total. The number of allylic oxidation sites excluding steroid dienone is 3. The minimum Gasteiger partial charge on any atom is -0.373 e. The molecule has 160 valence electrons. The highest BCUT2D eigenvalue weighted by Gasteiger charge is 2.61. The molecule has 0 aromatic heterocycles. The Hall–Kier alpha value is -0.330. The summed E-state index contributed by atoms with van der Waals surface area (Å²) in [7, 11) is 0. The van der Waals surface area contributed by atoms with Crippen LogP contribution in [0.3, 0.4) is 0 Å². The van der Waals surface area contributed by atoms with Crippen LogP contribution >= 0.6 is 12.6 Å². The fraction of sp³-hybridized carbons (Fsp3) is 0.833. The maximum atomic E-state index is 6.29. The highest BCUT2D eigenvalue weighted by atomic mass is 32.1. The summed E-state index contributed by atoms with van der Waals surface area (Å²) in [6.45, 7) is 5.44. The lowest BCUT2D eigenvalue weighted by molar-refractivity contribution is -0.162. The van der Waals surface area contributed by atoms with Crippen molar-refractivity contribution in [1.29, 1.82) is 0 Å². The highest BCUT2D eigenvalue weighted by molar-refractivity contribution is 7.80. The van der Waals surface area contributed by atoms with Crippen molar-refractivity contribution < 1.29 is 18.9 Å². The monoisotopic (exact) mass is 418 g/mol. The predicted molar refractivity (Wildman–Crippen MR) is 114 cm³/mol. The first-order valence-electron chi connectivity index (χ1n) is 11.6. The molecule has 2 saturated carbocycles. The van der Waals surface area contributed by atoms with Gasteiger partial charge >= 0.3 is 0 Å². The molecule has 2 heterocycles. The maximum absolute atomic E-state index is 6.29. The maximum Gasteiger partial charge on any atom is 0.0897 e. The first-order valence-corrected chi connectivity index (χ1v) is 12.3. The molecule has 4 nitrogen and oxygen atoms in total. The third kappa shape index (κ3) is 2.73. The molecular weight excluding hydrogens is 384 g/mol. The van der Waals surface area contributed by atoms with Crippen LogP contribution in [-0.2, 0) is 18.9 Å². The van der Waals surface area contributed by atoms with Gasteiger partial charge in [0.05, 0.1) is 50.8 Å². The molecule has 0 aromatic rings. The van der Waals surface area contributed by atoms with Crippen LogP contribution in [0.4, 0.5) is 0 Å². The number of hydrogen-bond acceptors (Lipinski definition) is 5. The predicted octanol–water partition coefficient (Wildman–Crippen LogP) is 3.96. The van der Waals surface area contributed by atoms with Gasteiger partial charge in [0.2, 0.25) is 0 Å². The van der Waals surface area contributed by atoms with Crippen molar-refractivity contribution in [2.75, 3.05) is 32.2 Å². The molecule has 8 atom stereocenters. The number of fused-ring (bicyclic) bond motifs is 8. The van der Waals surface area contributed by atoms with Gasteiger partial charge in [0, 0.05) is 10.8 Å². The lowest BCUT2D eigenvalue weighted by atomic mass is 9.50. The number of hydrogen-bond donors (Lipinski definition) is 1. The lowest BCUT2D eigenvalue weighted by Crippen LogP contribution is -2.53. The van der Waals surface area contributed by atoms with Crippen LogP contribution in [0, 0.1) is 22.7 Å². The molecule has 0 bridgehead atoms. The Bertz CT molecular complexity index is 734. The first kappa shape index (κ1) is 19.4. The van der Waals surface area contributed by atoms with E-state index in [4.69, 9.17) is 31.6 Å². The van der Waals surface area contributed by atoms with E-state index >= 15 is 0 Å². The van der Waals surface area contributed by atoms with Gasteiger partial charge < -0.3 is 18.9 Å². The standard InChI is InChI=1S/C24H34O4S/c1-23-5-4-17-16(18(23)13-20-22(23)28-10-9-26-20)3-2-15-12-19-21(27-8-7-25-19)14-24(15,17)6-11-29/h2,4,16,18-22,29H,3,5-14H2,1H3/t16-,18+,19?,20?,21?,22?,23+,24+/m1/s1. The van der Waals surface area contributed by atoms with Gasteiger partial charge in [-0.2, -0.15) is 12.6 Å². The van der Waals surface area contributed by atoms with Crippen molar-refractivity contribution in [3.05, 3.63) is 23.3 Å². The largest absolute Gasteiger partial charge is 0.373 e. The highest BCUT2D eigenvalue weighted by Crippen LogP contribution is 2.65. The Morgan fingerprint density at radius 1 is 1.00 bits per heavy atom. The first-order chi connectivity index (χ1) is 14.2. The Kier molecular flexibility index (Phi) is 4.74. The van der Waals surface area contributed by atoms with Gasteiger partial charge in [-0.3, -0.25) is 0 Å². The molecule has 0 radical (unpaired) electrons. The molecule has 2 aliphatic heterocycles. The van der Waals surface area contributed by atoms with E-state index in [1.807, 2.05) is 0 Å². The van der Waals surface area contributed by atoms with Gasteiger partial charge in [0.25, 0.3) is 0 Å². The van der Waals surface area contributed by atoms with E-state index < -0.39 is 0 Å². The van der Waals surface area contributed by atoms with Gasteiger partial charge in [-0.1, -0.05) is 30.2 Å². The fourth-order valence-electron chi connectivity index (χ4n) is 7.87. The third-order valence-corrected chi connectivity index (χ3v) is 9.36. The summed E-state index contributed by atoms with van der Waals surface area (Å²) in [5, 5.41) is 0. The van der Waals surface area contributed by atoms with E-state index in [1.54, 1.807) is 11.1 Å². The zero-order valence-electron chi connectivity index (χ0n) is 17.5. The quantitative estimate of drug-likeness (QED) is 0.544. The Morgan fingerprint density at radius 3 is 2.59 bits per heavy atom. The Labute approximate surface area is 179 Å². The van der Waals surface area contributed by atoms with Crippen molar-refractivity contribution in [3.8, 4) is 0 Å². The van der Waals surface area contributed by atoms with Crippen molar-refractivity contribution >= 4 is 12.6 Å². The summed E-state index contributed by atoms with van der Waals surface area (Å²) < 4.78 is 24.8. The summed E-state index contributed by atoms with van der Waals surface area (Å²) in [5.41, 5.74) is 3.63. The SMILES string of the molecule is C[C@]12CC=C3[C@@H](CC=C4CC5OCCOC5C[C@@]43CCS)[C@@H]1CC1OCCOC12. The van der Waals surface area contributed by atoms with Gasteiger partial charge in [0.1, 0.15) is 0 Å². The second-order valence-corrected chi connectivity index (χ2v) is 10.7. The molecule has 0 aromatic carbocycles. The second kappa shape index (κ2) is 7.09. The smallest absolute Gasteiger partial charge is 0.0897 e. The average Bonchev–Trinajstić information content (AvgIpc) is 3.05. The van der Waals surface area contributed by atoms with Crippen molar-refractivity contribution in [3.63, 3.8) is 0 Å². The Morgan fingerprint density at radius 2 is 1.76 bits per heavy atom. The number of ether oxygens (including phenoxy) is 4. The molecular formula is C24H34O4S. The minimum atomic E-state index is 0.128. The van der Waals surface area contributed by atoms with E-state index in [0.717, 1.165) is 70.7 Å². The van der Waals surface area contributed by atoms with Crippen molar-refractivity contribution in [2.45, 2.75) is 69.9 Å². The van der Waals surface area contributed by atoms with Crippen LogP contribution in [-0.4, -0.2) is 56.6 Å². The summed E-state index contributed by atoms with van der Waals surface area (Å²) in [4.78, 5) is 0. The summed E-state index contributed by atoms with van der Waals surface area (Å²) in [6.07, 6.45) is 12.8. The molecule has 4 fully saturated rings. The van der Waals surface area contributed by atoms with Crippen LogP contribution in [0.2, 0.25) is 0 Å². The Balaban J connectivity index is 1.38. The fourth-order valence-corrected chi connectivity index (χ4v) is 8.25. The van der Waals surface area contributed by atoms with E-state index in [1.165, 1.54) is 0 Å². The van der Waals surface area contributed by atoms with Gasteiger partial charge in [-0.15, -0.1) is 0 Å². The van der Waals surface area contributed by atoms with E-state index in [2.05, 4.69) is 19.1 Å². The van der Waals surface area contributed by atoms with Crippen molar-refractivity contribution in [1.82, 2.24) is 0 Å². The van der Waals surface area contributed by atoms with Gasteiger partial charge in [-0.25, -0.2) is 0 Å². The van der Waals surface area contributed by atoms with Crippen LogP contribution < -0.4 is 0 Å². The molecule has 6 rings (SSSR count). The van der Waals surface area contributed by atoms with Gasteiger partial charge in [0.15, 0.2) is 0 Å². The average molecular weight is 419 g/mol. The normalized spacial score (nSPS) is 51.0. The molecule has 4 unspecified atom stereocenters. The topological polar surface area (TPSA) is 36.9 Å². The van der Waals surface area contributed by atoms with Gasteiger partial charge in [-0.05, 0) is 56.1 Å². The third-order valence-electron chi connectivity index (χ3n) is 9.14. The molecule has 29 heavy (non-hydrogen) atoms.